The predicted molar refractivity (Wildman–Crippen MR) is 118 cm³/mol. The van der Waals surface area contributed by atoms with Crippen LogP contribution in [0.3, 0.4) is 0 Å². The van der Waals surface area contributed by atoms with Gasteiger partial charge in [-0.2, -0.15) is 35.9 Å². The zero-order chi connectivity index (χ0) is 19.0. The van der Waals surface area contributed by atoms with Crippen LogP contribution in [-0.2, 0) is 17.1 Å². The molecule has 0 aliphatic rings. The van der Waals surface area contributed by atoms with Crippen LogP contribution in [-0.4, -0.2) is 39.9 Å². The number of hydrogen-bond donors (Lipinski definition) is 0. The van der Waals surface area contributed by atoms with Crippen LogP contribution in [0.2, 0.25) is 9.44 Å². The molecule has 146 valence electrons. The Bertz CT molecular complexity index is 641. The molecule has 0 bridgehead atoms. The van der Waals surface area contributed by atoms with Gasteiger partial charge in [-0.3, -0.25) is 0 Å². The van der Waals surface area contributed by atoms with Gasteiger partial charge in [0.1, 0.15) is 0 Å². The number of rotatable bonds is 5. The van der Waals surface area contributed by atoms with Gasteiger partial charge in [0.25, 0.3) is 0 Å². The Morgan fingerprint density at radius 1 is 0.963 bits per heavy atom. The van der Waals surface area contributed by atoms with Gasteiger partial charge in [-0.25, -0.2) is 24.3 Å². The summed E-state index contributed by atoms with van der Waals surface area (Å²) in [5, 5.41) is 0. The molecule has 0 saturated heterocycles. The Morgan fingerprint density at radius 3 is 2.07 bits per heavy atom. The summed E-state index contributed by atoms with van der Waals surface area (Å²) in [6.07, 6.45) is 4.48. The molecule has 0 spiro atoms. The van der Waals surface area contributed by atoms with E-state index >= 15 is 0 Å². The summed E-state index contributed by atoms with van der Waals surface area (Å²) in [6.45, 7) is 2.20. The van der Waals surface area contributed by atoms with E-state index in [1.807, 2.05) is 36.4 Å². The minimum Gasteiger partial charge on any atom is -0.214 e. The maximum Gasteiger partial charge on any atom is 2.00 e. The van der Waals surface area contributed by atoms with Crippen LogP contribution in [0.15, 0.2) is 91.0 Å². The molecule has 0 radical (unpaired) electrons. The third kappa shape index (κ3) is 12.9. The Kier molecular flexibility index (Phi) is 16.4. The van der Waals surface area contributed by atoms with Crippen molar-refractivity contribution in [2.24, 2.45) is 0 Å². The third-order valence-corrected chi connectivity index (χ3v) is 5.37. The monoisotopic (exact) mass is 519 g/mol. The summed E-state index contributed by atoms with van der Waals surface area (Å²) in [5.41, 5.74) is 2.71. The van der Waals surface area contributed by atoms with E-state index in [-0.39, 0.29) is 38.0 Å². The van der Waals surface area contributed by atoms with Crippen molar-refractivity contribution in [1.29, 1.82) is 0 Å². The topological polar surface area (TPSA) is 3.24 Å². The molecule has 0 saturated carbocycles. The first kappa shape index (κ1) is 25.9. The average Bonchev–Trinajstić information content (AvgIpc) is 3.39. The van der Waals surface area contributed by atoms with Gasteiger partial charge in [0.05, 0.1) is 0 Å². The zero-order valence-electron chi connectivity index (χ0n) is 16.7. The van der Waals surface area contributed by atoms with Gasteiger partial charge in [-0.1, -0.05) is 0 Å². The Morgan fingerprint density at radius 2 is 1.63 bits per heavy atom. The largest absolute Gasteiger partial charge is 2.00 e. The SMILES string of the molecule is CC(c1ccc[cH-]1)N(C)C.C[Te]C/C=C/c1ccccc1.[Fe+2].c1cc[cH-]c1. The van der Waals surface area contributed by atoms with Gasteiger partial charge in [0.15, 0.2) is 0 Å². The quantitative estimate of drug-likeness (QED) is 0.284. The number of benzene rings is 1. The van der Waals surface area contributed by atoms with Crippen LogP contribution >= 0.6 is 0 Å². The van der Waals surface area contributed by atoms with E-state index in [9.17, 15) is 0 Å². The van der Waals surface area contributed by atoms with Crippen molar-refractivity contribution < 1.29 is 17.1 Å². The minimum atomic E-state index is 0. The predicted octanol–water partition coefficient (Wildman–Crippen LogP) is 6.30. The minimum absolute atomic E-state index is 0. The summed E-state index contributed by atoms with van der Waals surface area (Å²) in [4.78, 5) is 4.52. The maximum absolute atomic E-state index is 2.32. The molecule has 3 aromatic rings. The second kappa shape index (κ2) is 17.1. The van der Waals surface area contributed by atoms with Gasteiger partial charge in [0.2, 0.25) is 0 Å². The van der Waals surface area contributed by atoms with Gasteiger partial charge >= 0.3 is 95.5 Å². The Hall–Kier alpha value is -1.07. The Labute approximate surface area is 186 Å². The fraction of sp³-hybridized carbons (Fsp3) is 0.250. The zero-order valence-corrected chi connectivity index (χ0v) is 20.2. The van der Waals surface area contributed by atoms with Crippen LogP contribution in [0.25, 0.3) is 6.08 Å². The average molecular weight is 517 g/mol. The van der Waals surface area contributed by atoms with Crippen molar-refractivity contribution >= 4 is 27.0 Å². The summed E-state index contributed by atoms with van der Waals surface area (Å²) in [5.74, 6) is 0. The molecule has 0 aromatic heterocycles. The van der Waals surface area contributed by atoms with Crippen LogP contribution in [0, 0.1) is 0 Å². The molecule has 0 N–H and O–H groups in total. The molecule has 3 aromatic carbocycles. The summed E-state index contributed by atoms with van der Waals surface area (Å²) >= 11 is 0.276. The molecule has 0 aliphatic heterocycles. The Balaban J connectivity index is 0.000000391. The molecule has 1 unspecified atom stereocenters. The van der Waals surface area contributed by atoms with E-state index in [4.69, 9.17) is 0 Å². The van der Waals surface area contributed by atoms with Crippen LogP contribution in [0.4, 0.5) is 0 Å². The van der Waals surface area contributed by atoms with Crippen molar-refractivity contribution in [2.45, 2.75) is 22.4 Å². The fourth-order valence-corrected chi connectivity index (χ4v) is 2.95. The molecule has 0 aliphatic carbocycles. The van der Waals surface area contributed by atoms with E-state index in [1.54, 1.807) is 0 Å². The number of allylic oxidation sites excluding steroid dienone is 1. The fourth-order valence-electron chi connectivity index (χ4n) is 2.13. The van der Waals surface area contributed by atoms with Crippen molar-refractivity contribution in [3.05, 3.63) is 102 Å². The maximum atomic E-state index is 2.32. The molecule has 3 heteroatoms. The number of hydrogen-bond acceptors (Lipinski definition) is 1. The van der Waals surface area contributed by atoms with Crippen molar-refractivity contribution in [1.82, 2.24) is 4.90 Å². The van der Waals surface area contributed by atoms with Crippen molar-refractivity contribution in [2.75, 3.05) is 14.1 Å². The van der Waals surface area contributed by atoms with E-state index in [1.165, 1.54) is 15.6 Å². The molecule has 1 nitrogen and oxygen atoms in total. The van der Waals surface area contributed by atoms with E-state index in [0.717, 1.165) is 0 Å². The third-order valence-electron chi connectivity index (χ3n) is 3.87. The number of nitrogens with zero attached hydrogens (tertiary/aromatic N) is 1. The van der Waals surface area contributed by atoms with E-state index in [2.05, 4.69) is 91.6 Å². The first-order chi connectivity index (χ1) is 12.6. The summed E-state index contributed by atoms with van der Waals surface area (Å²) in [7, 11) is 4.19. The standard InChI is InChI=1S/C10H12Te.C9H14N.C5H5.Fe/c1-11-9-5-8-10-6-3-2-4-7-10;1-8(10(2)3)9-6-4-5-7-9;1-2-4-5-3-1;/h2-8H,9H2,1H3;4-8H,1-3H3;1-5H;/q;2*-1;+2/b8-5+;;;. The molecule has 0 heterocycles. The normalized spacial score (nSPS) is 11.0. The van der Waals surface area contributed by atoms with Gasteiger partial charge < -0.3 is 4.90 Å². The van der Waals surface area contributed by atoms with Crippen molar-refractivity contribution in [3.63, 3.8) is 0 Å². The van der Waals surface area contributed by atoms with Gasteiger partial charge in [0, 0.05) is 6.04 Å². The second-order valence-electron chi connectivity index (χ2n) is 6.09. The molecule has 1 atom stereocenters. The van der Waals surface area contributed by atoms with Gasteiger partial charge in [-0.15, -0.1) is 0 Å². The molecule has 3 rings (SSSR count). The first-order valence-electron chi connectivity index (χ1n) is 8.90. The smallest absolute Gasteiger partial charge is 0.214 e. The molecular weight excluding hydrogens is 486 g/mol. The van der Waals surface area contributed by atoms with Crippen LogP contribution < -0.4 is 0 Å². The second-order valence-corrected chi connectivity index (χ2v) is 8.69. The van der Waals surface area contributed by atoms with E-state index < -0.39 is 0 Å². The van der Waals surface area contributed by atoms with Gasteiger partial charge in [-0.05, 0) is 21.0 Å². The summed E-state index contributed by atoms with van der Waals surface area (Å²) < 4.78 is 1.31. The summed E-state index contributed by atoms with van der Waals surface area (Å²) in [6, 6.07) is 29.5. The molecule has 0 amide bonds. The molecule has 0 fully saturated rings. The molecule has 27 heavy (non-hydrogen) atoms. The van der Waals surface area contributed by atoms with E-state index in [0.29, 0.717) is 6.04 Å². The first-order valence-corrected chi connectivity index (χ1v) is 12.9. The van der Waals surface area contributed by atoms with Crippen molar-refractivity contribution in [3.8, 4) is 0 Å². The molecular formula is C24H31FeNTe. The van der Waals surface area contributed by atoms with Crippen LogP contribution in [0.1, 0.15) is 24.1 Å². The van der Waals surface area contributed by atoms with Crippen LogP contribution in [0.5, 0.6) is 0 Å².